The molecule has 0 amide bonds. The van der Waals surface area contributed by atoms with Gasteiger partial charge < -0.3 is 28.9 Å². The Labute approximate surface area is 474 Å². The zero-order valence-electron chi connectivity index (χ0n) is 43.7. The van der Waals surface area contributed by atoms with Crippen LogP contribution >= 0.6 is 11.8 Å². The van der Waals surface area contributed by atoms with Gasteiger partial charge in [0.05, 0.1) is 11.4 Å². The minimum atomic E-state index is -0.152. The molecule has 0 radical (unpaired) electrons. The molecule has 0 atom stereocenters. The molecule has 6 nitrogen and oxygen atoms in total. The van der Waals surface area contributed by atoms with Crippen LogP contribution in [0.5, 0.6) is 0 Å². The highest BCUT2D eigenvalue weighted by molar-refractivity contribution is 8.00. The number of nitrogens with zero attached hydrogens (tertiary/aromatic N) is 5. The highest BCUT2D eigenvalue weighted by Crippen LogP contribution is 2.59. The van der Waals surface area contributed by atoms with Crippen molar-refractivity contribution in [3.63, 3.8) is 0 Å². The van der Waals surface area contributed by atoms with Crippen LogP contribution in [0.15, 0.2) is 287 Å². The quantitative estimate of drug-likeness (QED) is 0.140. The minimum absolute atomic E-state index is 0.0838. The molecule has 18 rings (SSSR count). The number of hydrogen-bond donors (Lipinski definition) is 0. The molecule has 1 aromatic heterocycles. The van der Waals surface area contributed by atoms with Crippen molar-refractivity contribution in [2.45, 2.75) is 9.79 Å². The summed E-state index contributed by atoms with van der Waals surface area (Å²) in [5.74, 6) is 0. The van der Waals surface area contributed by atoms with E-state index in [0.717, 1.165) is 79.1 Å². The van der Waals surface area contributed by atoms with Crippen LogP contribution in [-0.4, -0.2) is 13.4 Å². The van der Waals surface area contributed by atoms with Gasteiger partial charge >= 0.3 is 0 Å². The number of fused-ring (bicyclic) bond motifs is 10. The highest BCUT2D eigenvalue weighted by atomic mass is 32.2. The first kappa shape index (κ1) is 44.9. The number of benzene rings is 12. The standard InChI is InChI=1S/C72H45B2N5OS/c1-7-22-46(23-8-1)75(47-24-9-2-10-25-47)52-38-40-55-59(42-52)77(50-30-15-5-16-31-50)61-45-62-68-71-67(61)73(55)57-35-21-37-65-69(57)79(71)70-58(44-64-66(72(70)81-65)54-34-19-20-36-63(54)80-64)74(68)56-41-39-53(43-60(56)78(62)51-32-17-6-18-33-51)76(48-26-11-3-12-27-48)49-28-13-4-14-29-49/h1-45H. The summed E-state index contributed by atoms with van der Waals surface area (Å²) in [6.07, 6.45) is 0. The predicted octanol–water partition coefficient (Wildman–Crippen LogP) is 15.7. The third kappa shape index (κ3) is 6.38. The first-order valence-electron chi connectivity index (χ1n) is 27.8. The molecule has 5 aliphatic heterocycles. The number of furan rings is 1. The lowest BCUT2D eigenvalue weighted by atomic mass is 9.28. The predicted molar refractivity (Wildman–Crippen MR) is 341 cm³/mol. The molecule has 0 bridgehead atoms. The Kier molecular flexibility index (Phi) is 9.53. The van der Waals surface area contributed by atoms with Crippen molar-refractivity contribution in [1.82, 2.24) is 0 Å². The van der Waals surface area contributed by atoms with Crippen LogP contribution in [-0.2, 0) is 0 Å². The molecule has 376 valence electrons. The Morgan fingerprint density at radius 3 is 1.31 bits per heavy atom. The van der Waals surface area contributed by atoms with E-state index in [9.17, 15) is 0 Å². The van der Waals surface area contributed by atoms with E-state index >= 15 is 0 Å². The maximum Gasteiger partial charge on any atom is 0.252 e. The van der Waals surface area contributed by atoms with Gasteiger partial charge in [0, 0.05) is 94.5 Å². The van der Waals surface area contributed by atoms with Gasteiger partial charge in [-0.25, -0.2) is 0 Å². The Morgan fingerprint density at radius 1 is 0.321 bits per heavy atom. The molecular weight excluding hydrogens is 1000 g/mol. The van der Waals surface area contributed by atoms with Crippen molar-refractivity contribution in [2.75, 3.05) is 24.5 Å². The smallest absolute Gasteiger partial charge is 0.252 e. The molecule has 12 aromatic carbocycles. The normalized spacial score (nSPS) is 13.5. The van der Waals surface area contributed by atoms with E-state index < -0.39 is 0 Å². The van der Waals surface area contributed by atoms with E-state index in [1.54, 1.807) is 0 Å². The topological polar surface area (TPSA) is 29.3 Å². The fourth-order valence-electron chi connectivity index (χ4n) is 14.1. The summed E-state index contributed by atoms with van der Waals surface area (Å²) in [5, 5.41) is 2.31. The molecule has 0 unspecified atom stereocenters. The molecule has 81 heavy (non-hydrogen) atoms. The molecule has 5 aliphatic rings. The van der Waals surface area contributed by atoms with Crippen LogP contribution in [0.1, 0.15) is 0 Å². The summed E-state index contributed by atoms with van der Waals surface area (Å²) >= 11 is 1.91. The third-order valence-corrected chi connectivity index (χ3v) is 18.4. The second kappa shape index (κ2) is 17.2. The van der Waals surface area contributed by atoms with Crippen molar-refractivity contribution < 1.29 is 4.42 Å². The average Bonchev–Trinajstić information content (AvgIpc) is 1.82. The zero-order valence-corrected chi connectivity index (χ0v) is 44.5. The van der Waals surface area contributed by atoms with E-state index in [4.69, 9.17) is 4.42 Å². The van der Waals surface area contributed by atoms with Crippen LogP contribution in [0.3, 0.4) is 0 Å². The monoisotopic (exact) mass is 1050 g/mol. The lowest BCUT2D eigenvalue weighted by Crippen LogP contribution is -2.69. The Balaban J connectivity index is 0.977. The summed E-state index contributed by atoms with van der Waals surface area (Å²) in [7, 11) is 0. The molecule has 0 saturated carbocycles. The van der Waals surface area contributed by atoms with Gasteiger partial charge in [0.1, 0.15) is 11.2 Å². The Hall–Kier alpha value is -10.1. The third-order valence-electron chi connectivity index (χ3n) is 17.3. The molecule has 9 heteroatoms. The van der Waals surface area contributed by atoms with Crippen LogP contribution in [0, 0.1) is 0 Å². The molecule has 0 N–H and O–H groups in total. The summed E-state index contributed by atoms with van der Waals surface area (Å²) in [4.78, 5) is 15.1. The zero-order chi connectivity index (χ0) is 52.9. The summed E-state index contributed by atoms with van der Waals surface area (Å²) in [5.41, 5.74) is 26.7. The second-order valence-electron chi connectivity index (χ2n) is 21.5. The Bertz CT molecular complexity index is 4640. The molecule has 6 heterocycles. The molecule has 0 aliphatic carbocycles. The fourth-order valence-corrected chi connectivity index (χ4v) is 15.4. The van der Waals surface area contributed by atoms with Gasteiger partial charge in [-0.2, -0.15) is 0 Å². The maximum absolute atomic E-state index is 6.99. The summed E-state index contributed by atoms with van der Waals surface area (Å²) < 4.78 is 6.99. The van der Waals surface area contributed by atoms with Crippen molar-refractivity contribution in [1.29, 1.82) is 0 Å². The molecule has 0 fully saturated rings. The van der Waals surface area contributed by atoms with E-state index in [0.29, 0.717) is 0 Å². The average molecular weight is 1050 g/mol. The number of hydrogen-bond acceptors (Lipinski definition) is 7. The molecule has 0 spiro atoms. The van der Waals surface area contributed by atoms with Crippen LogP contribution in [0.25, 0.3) is 21.9 Å². The van der Waals surface area contributed by atoms with E-state index in [2.05, 4.69) is 297 Å². The van der Waals surface area contributed by atoms with Crippen molar-refractivity contribution in [3.05, 3.63) is 273 Å². The fraction of sp³-hybridized carbons (Fsp3) is 0. The molecular formula is C72H45B2N5OS. The molecule has 13 aromatic rings. The van der Waals surface area contributed by atoms with Gasteiger partial charge in [-0.15, -0.1) is 0 Å². The van der Waals surface area contributed by atoms with Crippen LogP contribution in [0.4, 0.5) is 85.3 Å². The first-order valence-corrected chi connectivity index (χ1v) is 28.6. The second-order valence-corrected chi connectivity index (χ2v) is 22.6. The van der Waals surface area contributed by atoms with Crippen molar-refractivity contribution in [2.24, 2.45) is 0 Å². The highest BCUT2D eigenvalue weighted by Gasteiger charge is 2.54. The summed E-state index contributed by atoms with van der Waals surface area (Å²) in [6.45, 7) is -0.236. The van der Waals surface area contributed by atoms with Gasteiger partial charge in [0.15, 0.2) is 0 Å². The minimum Gasteiger partial charge on any atom is -0.456 e. The van der Waals surface area contributed by atoms with Gasteiger partial charge in [-0.3, -0.25) is 0 Å². The number of para-hydroxylation sites is 8. The Morgan fingerprint density at radius 2 is 0.790 bits per heavy atom. The summed E-state index contributed by atoms with van der Waals surface area (Å²) in [6, 6.07) is 100. The number of rotatable bonds is 8. The van der Waals surface area contributed by atoms with E-state index in [1.807, 2.05) is 11.8 Å². The maximum atomic E-state index is 6.99. The van der Waals surface area contributed by atoms with Gasteiger partial charge in [0.2, 0.25) is 0 Å². The SMILES string of the molecule is c1ccc(N(c2ccccc2)c2ccc3c(c2)N(c2ccccc2)c2cc4c5c6c2B3c2cccc3c2N6c2c(cc6oc7ccccc7c6c2S3)B5c2ccc(N(c3ccccc3)c3ccccc3)cc2N4c2ccccc2)cc1. The first-order chi connectivity index (χ1) is 40.2. The van der Waals surface area contributed by atoms with Crippen LogP contribution in [0.2, 0.25) is 0 Å². The largest absolute Gasteiger partial charge is 0.456 e. The lowest BCUT2D eigenvalue weighted by Gasteiger charge is -2.52. The van der Waals surface area contributed by atoms with Crippen molar-refractivity contribution in [3.8, 4) is 0 Å². The van der Waals surface area contributed by atoms with E-state index in [1.165, 1.54) is 70.7 Å². The number of anilines is 15. The van der Waals surface area contributed by atoms with Crippen molar-refractivity contribution >= 4 is 165 Å². The van der Waals surface area contributed by atoms with Gasteiger partial charge in [-0.1, -0.05) is 163 Å². The molecule has 0 saturated heterocycles. The van der Waals surface area contributed by atoms with E-state index in [-0.39, 0.29) is 13.4 Å². The van der Waals surface area contributed by atoms with Gasteiger partial charge in [0.25, 0.3) is 13.4 Å². The van der Waals surface area contributed by atoms with Gasteiger partial charge in [-0.05, 0) is 154 Å². The van der Waals surface area contributed by atoms with Crippen LogP contribution < -0.4 is 57.3 Å². The lowest BCUT2D eigenvalue weighted by molar-refractivity contribution is 0.669.